The van der Waals surface area contributed by atoms with Crippen molar-refractivity contribution in [2.75, 3.05) is 4.90 Å². The first-order valence-corrected chi connectivity index (χ1v) is 16.7. The first-order valence-electron chi connectivity index (χ1n) is 15.9. The van der Waals surface area contributed by atoms with Gasteiger partial charge in [-0.1, -0.05) is 115 Å². The van der Waals surface area contributed by atoms with Crippen molar-refractivity contribution in [2.45, 2.75) is 0 Å². The number of nitrogens with zero attached hydrogens (tertiary/aromatic N) is 1. The van der Waals surface area contributed by atoms with Crippen LogP contribution in [0.25, 0.3) is 74.8 Å². The molecule has 0 aliphatic carbocycles. The van der Waals surface area contributed by atoms with Crippen molar-refractivity contribution < 1.29 is 4.42 Å². The fourth-order valence-corrected chi connectivity index (χ4v) is 8.49. The second-order valence-corrected chi connectivity index (χ2v) is 13.2. The molecule has 0 radical (unpaired) electrons. The molecule has 0 aliphatic rings. The molecule has 3 heteroatoms. The molecule has 0 fully saturated rings. The van der Waals surface area contributed by atoms with E-state index in [1.165, 1.54) is 47.5 Å². The normalized spacial score (nSPS) is 11.8. The molecular weight excluding hydrogens is 591 g/mol. The zero-order chi connectivity index (χ0) is 30.9. The highest BCUT2D eigenvalue weighted by atomic mass is 32.1. The molecule has 0 unspecified atom stereocenters. The predicted molar refractivity (Wildman–Crippen MR) is 202 cm³/mol. The summed E-state index contributed by atoms with van der Waals surface area (Å²) in [6, 6.07) is 59.0. The van der Waals surface area contributed by atoms with Gasteiger partial charge >= 0.3 is 0 Å². The molecule has 0 spiro atoms. The van der Waals surface area contributed by atoms with Gasteiger partial charge in [0.25, 0.3) is 0 Å². The second kappa shape index (κ2) is 10.3. The molecule has 8 aromatic carbocycles. The van der Waals surface area contributed by atoms with Crippen LogP contribution in [-0.2, 0) is 0 Å². The van der Waals surface area contributed by atoms with Crippen molar-refractivity contribution in [3.63, 3.8) is 0 Å². The van der Waals surface area contributed by atoms with E-state index in [1.54, 1.807) is 0 Å². The number of hydrogen-bond donors (Lipinski definition) is 0. The highest BCUT2D eigenvalue weighted by Crippen LogP contribution is 2.47. The molecule has 10 rings (SSSR count). The van der Waals surface area contributed by atoms with Gasteiger partial charge in [-0.05, 0) is 70.4 Å². The van der Waals surface area contributed by atoms with Crippen molar-refractivity contribution in [1.82, 2.24) is 0 Å². The lowest BCUT2D eigenvalue weighted by Gasteiger charge is -2.28. The molecule has 0 N–H and O–H groups in total. The Morgan fingerprint density at radius 1 is 0.447 bits per heavy atom. The predicted octanol–water partition coefficient (Wildman–Crippen LogP) is 13.4. The molecule has 47 heavy (non-hydrogen) atoms. The number of thiophene rings is 1. The summed E-state index contributed by atoms with van der Waals surface area (Å²) in [5.41, 5.74) is 7.55. The van der Waals surface area contributed by atoms with E-state index in [9.17, 15) is 0 Å². The maximum absolute atomic E-state index is 6.66. The Kier molecular flexibility index (Phi) is 5.78. The van der Waals surface area contributed by atoms with Gasteiger partial charge in [0.05, 0.1) is 16.8 Å². The van der Waals surface area contributed by atoms with E-state index in [0.717, 1.165) is 44.4 Å². The maximum Gasteiger partial charge on any atom is 0.143 e. The van der Waals surface area contributed by atoms with Crippen LogP contribution in [0.1, 0.15) is 0 Å². The van der Waals surface area contributed by atoms with Gasteiger partial charge in [0, 0.05) is 42.0 Å². The molecule has 0 aliphatic heterocycles. The molecule has 0 saturated carbocycles. The molecule has 2 heterocycles. The average molecular weight is 618 g/mol. The first-order chi connectivity index (χ1) is 23.3. The summed E-state index contributed by atoms with van der Waals surface area (Å²) in [4.78, 5) is 2.42. The summed E-state index contributed by atoms with van der Waals surface area (Å²) in [6.45, 7) is 0. The third-order valence-electron chi connectivity index (χ3n) is 9.43. The van der Waals surface area contributed by atoms with Crippen LogP contribution in [-0.4, -0.2) is 0 Å². The van der Waals surface area contributed by atoms with E-state index >= 15 is 0 Å². The second-order valence-electron chi connectivity index (χ2n) is 12.1. The molecule has 220 valence electrons. The van der Waals surface area contributed by atoms with E-state index in [0.29, 0.717) is 0 Å². The van der Waals surface area contributed by atoms with Gasteiger partial charge in [-0.15, -0.1) is 11.3 Å². The summed E-state index contributed by atoms with van der Waals surface area (Å²) in [6.07, 6.45) is 0. The SMILES string of the molecule is c1cc(-c2cccc3sc4ccccc4c23)cc(N(c2cccc3ccccc23)c2cccc3oc4c5ccccc5ccc4c23)c1. The van der Waals surface area contributed by atoms with Gasteiger partial charge < -0.3 is 9.32 Å². The summed E-state index contributed by atoms with van der Waals surface area (Å²) < 4.78 is 9.29. The topological polar surface area (TPSA) is 16.4 Å². The Labute approximate surface area is 275 Å². The van der Waals surface area contributed by atoms with E-state index in [-0.39, 0.29) is 0 Å². The van der Waals surface area contributed by atoms with Gasteiger partial charge in [-0.25, -0.2) is 0 Å². The summed E-state index contributed by atoms with van der Waals surface area (Å²) in [7, 11) is 0. The molecule has 2 nitrogen and oxygen atoms in total. The van der Waals surface area contributed by atoms with Crippen molar-refractivity contribution >= 4 is 92.1 Å². The van der Waals surface area contributed by atoms with Crippen LogP contribution in [0.3, 0.4) is 0 Å². The van der Waals surface area contributed by atoms with E-state index < -0.39 is 0 Å². The Bertz CT molecular complexity index is 2820. The quantitative estimate of drug-likeness (QED) is 0.195. The smallest absolute Gasteiger partial charge is 0.143 e. The standard InChI is InChI=1S/C44H27NOS/c1-3-16-32-28(11-1)13-8-20-37(32)45(38-21-10-22-39-43(38)36-26-25-29-12-2-4-17-34(29)44(36)46-39)31-15-7-14-30(27-31)33-19-9-24-41-42(33)35-18-5-6-23-40(35)47-41/h1-27H. The van der Waals surface area contributed by atoms with Crippen LogP contribution in [0.5, 0.6) is 0 Å². The van der Waals surface area contributed by atoms with Crippen molar-refractivity contribution in [3.05, 3.63) is 164 Å². The van der Waals surface area contributed by atoms with Crippen LogP contribution in [0.2, 0.25) is 0 Å². The summed E-state index contributed by atoms with van der Waals surface area (Å²) >= 11 is 1.86. The number of anilines is 3. The zero-order valence-electron chi connectivity index (χ0n) is 25.4. The molecule has 0 saturated heterocycles. The number of furan rings is 1. The number of fused-ring (bicyclic) bond motifs is 9. The highest BCUT2D eigenvalue weighted by molar-refractivity contribution is 7.25. The summed E-state index contributed by atoms with van der Waals surface area (Å²) in [5.74, 6) is 0. The first kappa shape index (κ1) is 26.3. The minimum Gasteiger partial charge on any atom is -0.455 e. The molecule has 0 atom stereocenters. The minimum absolute atomic E-state index is 0.879. The van der Waals surface area contributed by atoms with E-state index in [4.69, 9.17) is 4.42 Å². The van der Waals surface area contributed by atoms with Gasteiger partial charge in [-0.2, -0.15) is 0 Å². The number of hydrogen-bond acceptors (Lipinski definition) is 3. The molecule has 2 aromatic heterocycles. The third-order valence-corrected chi connectivity index (χ3v) is 10.6. The van der Waals surface area contributed by atoms with E-state index in [1.807, 2.05) is 11.3 Å². The Morgan fingerprint density at radius 3 is 2.04 bits per heavy atom. The Morgan fingerprint density at radius 2 is 1.13 bits per heavy atom. The van der Waals surface area contributed by atoms with Crippen LogP contribution >= 0.6 is 11.3 Å². The molecule has 0 bridgehead atoms. The van der Waals surface area contributed by atoms with Gasteiger partial charge in [0.15, 0.2) is 0 Å². The number of rotatable bonds is 4. The van der Waals surface area contributed by atoms with Crippen molar-refractivity contribution in [1.29, 1.82) is 0 Å². The van der Waals surface area contributed by atoms with Crippen LogP contribution in [0.15, 0.2) is 168 Å². The van der Waals surface area contributed by atoms with Gasteiger partial charge in [0.2, 0.25) is 0 Å². The third kappa shape index (κ3) is 4.04. The summed E-state index contributed by atoms with van der Waals surface area (Å²) in [5, 5.41) is 9.55. The number of benzene rings is 8. The van der Waals surface area contributed by atoms with Gasteiger partial charge in [-0.3, -0.25) is 0 Å². The van der Waals surface area contributed by atoms with Crippen molar-refractivity contribution in [2.24, 2.45) is 0 Å². The van der Waals surface area contributed by atoms with Crippen LogP contribution in [0.4, 0.5) is 17.1 Å². The van der Waals surface area contributed by atoms with Gasteiger partial charge in [0.1, 0.15) is 11.2 Å². The lowest BCUT2D eigenvalue weighted by Crippen LogP contribution is -2.11. The van der Waals surface area contributed by atoms with Crippen LogP contribution < -0.4 is 4.90 Å². The van der Waals surface area contributed by atoms with Crippen molar-refractivity contribution in [3.8, 4) is 11.1 Å². The van der Waals surface area contributed by atoms with Crippen LogP contribution in [0, 0.1) is 0 Å². The lowest BCUT2D eigenvalue weighted by atomic mass is 9.98. The largest absolute Gasteiger partial charge is 0.455 e. The fourth-order valence-electron chi connectivity index (χ4n) is 7.36. The Hall–Kier alpha value is -5.90. The maximum atomic E-state index is 6.66. The molecular formula is C44H27NOS. The lowest BCUT2D eigenvalue weighted by molar-refractivity contribution is 0.672. The monoisotopic (exact) mass is 617 g/mol. The zero-order valence-corrected chi connectivity index (χ0v) is 26.2. The minimum atomic E-state index is 0.879. The average Bonchev–Trinajstić information content (AvgIpc) is 3.71. The Balaban J connectivity index is 1.27. The fraction of sp³-hybridized carbons (Fsp3) is 0. The molecule has 0 amide bonds. The van der Waals surface area contributed by atoms with E-state index in [2.05, 4.69) is 169 Å². The highest BCUT2D eigenvalue weighted by Gasteiger charge is 2.22. The molecule has 10 aromatic rings.